The van der Waals surface area contributed by atoms with Gasteiger partial charge in [0.05, 0.1) is 5.69 Å². The molecule has 0 spiro atoms. The maximum Gasteiger partial charge on any atom is 0.277 e. The first-order valence-corrected chi connectivity index (χ1v) is 8.73. The first-order chi connectivity index (χ1) is 11.4. The van der Waals surface area contributed by atoms with Gasteiger partial charge in [0.2, 0.25) is 0 Å². The van der Waals surface area contributed by atoms with Crippen LogP contribution in [-0.2, 0) is 0 Å². The van der Waals surface area contributed by atoms with Crippen molar-refractivity contribution in [2.45, 2.75) is 26.7 Å². The quantitative estimate of drug-likeness (QED) is 0.697. The Morgan fingerprint density at radius 1 is 1.29 bits per heavy atom. The van der Waals surface area contributed by atoms with Crippen molar-refractivity contribution in [3.8, 4) is 11.3 Å². The summed E-state index contributed by atoms with van der Waals surface area (Å²) in [6.07, 6.45) is 0. The molecule has 0 bridgehead atoms. The van der Waals surface area contributed by atoms with Crippen LogP contribution in [0.15, 0.2) is 30.3 Å². The third kappa shape index (κ3) is 3.49. The Hall–Kier alpha value is -2.18. The lowest BCUT2D eigenvalue weighted by atomic mass is 10.1. The number of hydrogen-bond donors (Lipinski definition) is 2. The minimum Gasteiger partial charge on any atom is -0.296 e. The van der Waals surface area contributed by atoms with Crippen LogP contribution in [0.2, 0.25) is 5.02 Å². The number of rotatable bonds is 4. The highest BCUT2D eigenvalue weighted by Crippen LogP contribution is 2.31. The number of aryl methyl sites for hydroxylation is 1. The summed E-state index contributed by atoms with van der Waals surface area (Å²) < 4.78 is 0. The molecule has 0 aliphatic rings. The number of thiazole rings is 1. The molecule has 2 heterocycles. The van der Waals surface area contributed by atoms with E-state index in [4.69, 9.17) is 11.6 Å². The lowest BCUT2D eigenvalue weighted by Crippen LogP contribution is -2.12. The Bertz CT molecular complexity index is 867. The van der Waals surface area contributed by atoms with Gasteiger partial charge in [-0.15, -0.1) is 11.3 Å². The molecule has 2 N–H and O–H groups in total. The van der Waals surface area contributed by atoms with Crippen molar-refractivity contribution in [2.24, 2.45) is 0 Å². The van der Waals surface area contributed by atoms with Gasteiger partial charge in [-0.3, -0.25) is 15.2 Å². The molecule has 7 heteroatoms. The second kappa shape index (κ2) is 6.75. The van der Waals surface area contributed by atoms with Crippen molar-refractivity contribution < 1.29 is 4.79 Å². The normalized spacial score (nSPS) is 11.0. The van der Waals surface area contributed by atoms with Crippen molar-refractivity contribution in [2.75, 3.05) is 5.32 Å². The molecule has 0 unspecified atom stereocenters. The van der Waals surface area contributed by atoms with Gasteiger partial charge < -0.3 is 0 Å². The molecular formula is C17H17ClN4OS. The highest BCUT2D eigenvalue weighted by molar-refractivity contribution is 7.16. The van der Waals surface area contributed by atoms with Gasteiger partial charge >= 0.3 is 0 Å². The molecule has 3 rings (SSSR count). The average Bonchev–Trinajstić information content (AvgIpc) is 3.15. The zero-order valence-electron chi connectivity index (χ0n) is 13.6. The largest absolute Gasteiger partial charge is 0.296 e. The number of H-pyrrole nitrogens is 1. The van der Waals surface area contributed by atoms with Crippen molar-refractivity contribution in [3.63, 3.8) is 0 Å². The van der Waals surface area contributed by atoms with Crippen LogP contribution in [0.1, 0.15) is 40.8 Å². The van der Waals surface area contributed by atoms with Crippen LogP contribution in [0.3, 0.4) is 0 Å². The van der Waals surface area contributed by atoms with Gasteiger partial charge in [-0.05, 0) is 31.0 Å². The van der Waals surface area contributed by atoms with E-state index in [0.29, 0.717) is 15.8 Å². The van der Waals surface area contributed by atoms with Gasteiger partial charge in [0.15, 0.2) is 10.8 Å². The van der Waals surface area contributed by atoms with E-state index in [0.717, 1.165) is 21.8 Å². The van der Waals surface area contributed by atoms with E-state index in [1.54, 1.807) is 6.07 Å². The predicted octanol–water partition coefficient (Wildman–Crippen LogP) is 4.87. The zero-order valence-corrected chi connectivity index (χ0v) is 15.1. The van der Waals surface area contributed by atoms with Crippen LogP contribution in [0.25, 0.3) is 11.3 Å². The molecule has 0 aliphatic carbocycles. The minimum absolute atomic E-state index is 0.269. The molecule has 0 radical (unpaired) electrons. The van der Waals surface area contributed by atoms with E-state index in [1.165, 1.54) is 11.3 Å². The first kappa shape index (κ1) is 16.7. The summed E-state index contributed by atoms with van der Waals surface area (Å²) in [5, 5.41) is 11.0. The van der Waals surface area contributed by atoms with Gasteiger partial charge in [-0.1, -0.05) is 37.6 Å². The Labute approximate surface area is 149 Å². The Balaban J connectivity index is 1.79. The van der Waals surface area contributed by atoms with E-state index in [9.17, 15) is 4.79 Å². The number of carbonyl (C=O) groups excluding carboxylic acids is 1. The maximum absolute atomic E-state index is 12.3. The van der Waals surface area contributed by atoms with Gasteiger partial charge in [0.1, 0.15) is 0 Å². The number of hydrogen-bond acceptors (Lipinski definition) is 4. The highest BCUT2D eigenvalue weighted by atomic mass is 35.5. The third-order valence-corrected chi connectivity index (χ3v) is 4.73. The molecule has 0 fully saturated rings. The maximum atomic E-state index is 12.3. The molecule has 0 saturated heterocycles. The average molecular weight is 361 g/mol. The summed E-state index contributed by atoms with van der Waals surface area (Å²) in [7, 11) is 0. The van der Waals surface area contributed by atoms with Crippen molar-refractivity contribution >= 4 is 34.0 Å². The van der Waals surface area contributed by atoms with Crippen LogP contribution in [0.5, 0.6) is 0 Å². The lowest BCUT2D eigenvalue weighted by Gasteiger charge is -1.99. The van der Waals surface area contributed by atoms with E-state index >= 15 is 0 Å². The van der Waals surface area contributed by atoms with Gasteiger partial charge in [-0.25, -0.2) is 4.98 Å². The second-order valence-corrected chi connectivity index (χ2v) is 7.39. The number of amides is 1. The monoisotopic (exact) mass is 360 g/mol. The predicted molar refractivity (Wildman–Crippen MR) is 97.9 cm³/mol. The number of nitrogens with one attached hydrogen (secondary N) is 2. The van der Waals surface area contributed by atoms with Crippen molar-refractivity contribution in [3.05, 3.63) is 51.6 Å². The lowest BCUT2D eigenvalue weighted by molar-refractivity contribution is 0.102. The number of carbonyl (C=O) groups is 1. The van der Waals surface area contributed by atoms with Crippen LogP contribution in [0, 0.1) is 6.92 Å². The highest BCUT2D eigenvalue weighted by Gasteiger charge is 2.16. The smallest absolute Gasteiger partial charge is 0.277 e. The minimum atomic E-state index is -0.269. The fourth-order valence-electron chi connectivity index (χ4n) is 2.24. The Morgan fingerprint density at radius 2 is 2.00 bits per heavy atom. The SMILES string of the molecule is Cc1sc(NC(=O)c2cc(C(C)C)[nH]n2)nc1-c1ccc(Cl)cc1. The van der Waals surface area contributed by atoms with E-state index < -0.39 is 0 Å². The summed E-state index contributed by atoms with van der Waals surface area (Å²) in [5.74, 6) is 0.0206. The summed E-state index contributed by atoms with van der Waals surface area (Å²) in [5.41, 5.74) is 3.10. The standard InChI is InChI=1S/C17H17ClN4OS/c1-9(2)13-8-14(22-21-13)16(23)20-17-19-15(10(3)24-17)11-4-6-12(18)7-5-11/h4-9H,1-3H3,(H,21,22)(H,19,20,23). The van der Waals surface area contributed by atoms with Crippen LogP contribution in [0.4, 0.5) is 5.13 Å². The molecule has 0 saturated carbocycles. The number of halogens is 1. The van der Waals surface area contributed by atoms with Crippen LogP contribution in [-0.4, -0.2) is 21.1 Å². The zero-order chi connectivity index (χ0) is 17.3. The number of benzene rings is 1. The molecule has 2 aromatic heterocycles. The summed E-state index contributed by atoms with van der Waals surface area (Å²) in [6.45, 7) is 6.05. The summed E-state index contributed by atoms with van der Waals surface area (Å²) >= 11 is 7.36. The molecule has 0 aliphatic heterocycles. The van der Waals surface area contributed by atoms with Gasteiger partial charge in [-0.2, -0.15) is 5.10 Å². The van der Waals surface area contributed by atoms with Crippen molar-refractivity contribution in [1.29, 1.82) is 0 Å². The third-order valence-electron chi connectivity index (χ3n) is 3.59. The fourth-order valence-corrected chi connectivity index (χ4v) is 3.19. The number of nitrogens with zero attached hydrogens (tertiary/aromatic N) is 2. The topological polar surface area (TPSA) is 70.7 Å². The van der Waals surface area contributed by atoms with E-state index in [-0.39, 0.29) is 11.8 Å². The number of aromatic nitrogens is 3. The Morgan fingerprint density at radius 3 is 2.62 bits per heavy atom. The molecule has 3 aromatic rings. The first-order valence-electron chi connectivity index (χ1n) is 7.54. The Kier molecular flexibility index (Phi) is 4.69. The van der Waals surface area contributed by atoms with E-state index in [1.807, 2.05) is 45.0 Å². The number of aromatic amines is 1. The molecule has 1 aromatic carbocycles. The summed E-state index contributed by atoms with van der Waals surface area (Å²) in [6, 6.07) is 9.24. The molecule has 1 amide bonds. The van der Waals surface area contributed by atoms with Crippen LogP contribution >= 0.6 is 22.9 Å². The molecule has 124 valence electrons. The molecule has 5 nitrogen and oxygen atoms in total. The fraction of sp³-hybridized carbons (Fsp3) is 0.235. The van der Waals surface area contributed by atoms with Gasteiger partial charge in [0, 0.05) is 21.2 Å². The van der Waals surface area contributed by atoms with Crippen molar-refractivity contribution in [1.82, 2.24) is 15.2 Å². The van der Waals surface area contributed by atoms with Gasteiger partial charge in [0.25, 0.3) is 5.91 Å². The molecule has 0 atom stereocenters. The van der Waals surface area contributed by atoms with E-state index in [2.05, 4.69) is 20.5 Å². The summed E-state index contributed by atoms with van der Waals surface area (Å²) in [4.78, 5) is 17.9. The molecular weight excluding hydrogens is 344 g/mol. The number of anilines is 1. The molecule has 24 heavy (non-hydrogen) atoms. The second-order valence-electron chi connectivity index (χ2n) is 5.75. The van der Waals surface area contributed by atoms with Crippen LogP contribution < -0.4 is 5.32 Å².